The van der Waals surface area contributed by atoms with Crippen molar-refractivity contribution in [1.82, 2.24) is 15.5 Å². The van der Waals surface area contributed by atoms with Crippen LogP contribution in [0.25, 0.3) is 0 Å². The Morgan fingerprint density at radius 3 is 2.62 bits per heavy atom. The SMILES string of the molecule is Cc1c(Cl)cccc1NCC(=O)N1[C@@H]2CC[C@H]([C@@H]1C(=O)N[C@@H](/C=C(/F)S(C)(=O)=O)C[C@H]1CCNC1=O)C(F)(F)C2. The minimum atomic E-state index is -4.26. The zero-order valence-electron chi connectivity index (χ0n) is 22.1. The lowest BCUT2D eigenvalue weighted by Gasteiger charge is -2.53. The summed E-state index contributed by atoms with van der Waals surface area (Å²) in [7, 11) is -4.26. The smallest absolute Gasteiger partial charge is 0.255 e. The molecule has 40 heavy (non-hydrogen) atoms. The van der Waals surface area contributed by atoms with Crippen LogP contribution >= 0.6 is 11.6 Å². The minimum Gasteiger partial charge on any atom is -0.376 e. The van der Waals surface area contributed by atoms with Crippen molar-refractivity contribution in [2.45, 2.75) is 63.1 Å². The molecule has 0 spiro atoms. The van der Waals surface area contributed by atoms with Crippen LogP contribution in [0.2, 0.25) is 5.02 Å². The third-order valence-electron chi connectivity index (χ3n) is 7.91. The summed E-state index contributed by atoms with van der Waals surface area (Å²) in [5.74, 6) is -7.20. The Labute approximate surface area is 235 Å². The molecule has 9 nitrogen and oxygen atoms in total. The number of sulfone groups is 1. The van der Waals surface area contributed by atoms with E-state index < -0.39 is 69.1 Å². The van der Waals surface area contributed by atoms with Gasteiger partial charge in [0.15, 0.2) is 0 Å². The Hall–Kier alpha value is -2.80. The van der Waals surface area contributed by atoms with Crippen molar-refractivity contribution in [3.8, 4) is 0 Å². The molecule has 4 fully saturated rings. The van der Waals surface area contributed by atoms with Crippen molar-refractivity contribution < 1.29 is 36.0 Å². The van der Waals surface area contributed by atoms with Crippen molar-refractivity contribution >= 4 is 44.8 Å². The zero-order chi connectivity index (χ0) is 29.4. The first kappa shape index (κ1) is 30.2. The molecule has 5 atom stereocenters. The van der Waals surface area contributed by atoms with E-state index in [2.05, 4.69) is 16.0 Å². The van der Waals surface area contributed by atoms with E-state index in [9.17, 15) is 27.2 Å². The van der Waals surface area contributed by atoms with Crippen LogP contribution in [0.5, 0.6) is 0 Å². The van der Waals surface area contributed by atoms with Crippen LogP contribution in [0.3, 0.4) is 0 Å². The van der Waals surface area contributed by atoms with E-state index in [1.165, 1.54) is 4.90 Å². The fourth-order valence-electron chi connectivity index (χ4n) is 5.82. The summed E-state index contributed by atoms with van der Waals surface area (Å²) in [5.41, 5.74) is 1.27. The molecule has 3 heterocycles. The molecule has 2 bridgehead atoms. The van der Waals surface area contributed by atoms with Crippen LogP contribution < -0.4 is 16.0 Å². The number of hydrogen-bond donors (Lipinski definition) is 3. The predicted octanol–water partition coefficient (Wildman–Crippen LogP) is 2.94. The topological polar surface area (TPSA) is 125 Å². The van der Waals surface area contributed by atoms with Gasteiger partial charge in [-0.05, 0) is 56.4 Å². The number of alkyl halides is 2. The summed E-state index contributed by atoms with van der Waals surface area (Å²) in [6, 6.07) is 1.34. The highest BCUT2D eigenvalue weighted by Crippen LogP contribution is 2.49. The Balaban J connectivity index is 1.59. The molecular formula is C26H32ClF3N4O5S. The molecule has 1 saturated carbocycles. The fourth-order valence-corrected chi connectivity index (χ4v) is 6.41. The number of rotatable bonds is 9. The number of benzene rings is 1. The first-order valence-electron chi connectivity index (χ1n) is 13.0. The number of piperidine rings is 2. The molecule has 4 aliphatic rings. The summed E-state index contributed by atoms with van der Waals surface area (Å²) in [6.07, 6.45) is 1.27. The molecule has 3 saturated heterocycles. The second kappa shape index (κ2) is 11.6. The van der Waals surface area contributed by atoms with Crippen molar-refractivity contribution in [3.05, 3.63) is 40.0 Å². The zero-order valence-corrected chi connectivity index (χ0v) is 23.6. The molecular weight excluding hydrogens is 573 g/mol. The van der Waals surface area contributed by atoms with Gasteiger partial charge in [-0.1, -0.05) is 17.7 Å². The van der Waals surface area contributed by atoms with Gasteiger partial charge in [0, 0.05) is 41.9 Å². The molecule has 3 amide bonds. The Kier molecular flexibility index (Phi) is 8.74. The van der Waals surface area contributed by atoms with Crippen LogP contribution in [0.1, 0.15) is 37.7 Å². The van der Waals surface area contributed by atoms with E-state index in [0.29, 0.717) is 48.0 Å². The van der Waals surface area contributed by atoms with Gasteiger partial charge in [0.1, 0.15) is 6.04 Å². The number of carbonyl (C=O) groups is 3. The molecule has 0 unspecified atom stereocenters. The van der Waals surface area contributed by atoms with Crippen LogP contribution in [0.15, 0.2) is 29.4 Å². The molecule has 5 rings (SSSR count). The van der Waals surface area contributed by atoms with Crippen molar-refractivity contribution in [2.75, 3.05) is 24.7 Å². The number of halogens is 4. The van der Waals surface area contributed by atoms with E-state index in [1.807, 2.05) is 0 Å². The Morgan fingerprint density at radius 1 is 1.27 bits per heavy atom. The largest absolute Gasteiger partial charge is 0.376 e. The number of hydrogen-bond acceptors (Lipinski definition) is 6. The minimum absolute atomic E-state index is 0.00357. The lowest BCUT2D eigenvalue weighted by atomic mass is 9.71. The lowest BCUT2D eigenvalue weighted by molar-refractivity contribution is -0.193. The maximum absolute atomic E-state index is 15.0. The van der Waals surface area contributed by atoms with E-state index in [4.69, 9.17) is 11.6 Å². The molecule has 0 aromatic heterocycles. The quantitative estimate of drug-likeness (QED) is 0.398. The van der Waals surface area contributed by atoms with Gasteiger partial charge in [-0.3, -0.25) is 14.4 Å². The highest BCUT2D eigenvalue weighted by atomic mass is 35.5. The molecule has 1 aromatic rings. The number of amides is 3. The first-order chi connectivity index (χ1) is 18.7. The highest BCUT2D eigenvalue weighted by molar-refractivity contribution is 7.94. The monoisotopic (exact) mass is 604 g/mol. The summed E-state index contributed by atoms with van der Waals surface area (Å²) in [6.45, 7) is 1.83. The van der Waals surface area contributed by atoms with Gasteiger partial charge in [-0.15, -0.1) is 0 Å². The van der Waals surface area contributed by atoms with Crippen molar-refractivity contribution in [1.29, 1.82) is 0 Å². The van der Waals surface area contributed by atoms with Gasteiger partial charge in [0.25, 0.3) is 5.92 Å². The van der Waals surface area contributed by atoms with Crippen LogP contribution in [-0.4, -0.2) is 74.4 Å². The van der Waals surface area contributed by atoms with Gasteiger partial charge in [-0.2, -0.15) is 4.39 Å². The van der Waals surface area contributed by atoms with Gasteiger partial charge in [0.2, 0.25) is 32.7 Å². The maximum atomic E-state index is 15.0. The van der Waals surface area contributed by atoms with E-state index in [1.54, 1.807) is 25.1 Å². The maximum Gasteiger partial charge on any atom is 0.255 e. The van der Waals surface area contributed by atoms with E-state index in [0.717, 1.165) is 0 Å². The van der Waals surface area contributed by atoms with Crippen molar-refractivity contribution in [3.63, 3.8) is 0 Å². The average molecular weight is 605 g/mol. The van der Waals surface area contributed by atoms with Gasteiger partial charge in [-0.25, -0.2) is 17.2 Å². The lowest BCUT2D eigenvalue weighted by Crippen LogP contribution is -2.69. The second-order valence-electron chi connectivity index (χ2n) is 10.7. The number of anilines is 1. The van der Waals surface area contributed by atoms with Crippen LogP contribution in [0.4, 0.5) is 18.9 Å². The van der Waals surface area contributed by atoms with E-state index >= 15 is 8.78 Å². The standard InChI is InChI=1S/C26H32ClF3N4O5S/c1-14-19(27)4-3-5-20(14)32-13-22(35)34-17-6-7-18(26(29,30)12-17)23(34)25(37)33-16(11-21(28)40(2,38)39)10-15-8-9-31-24(15)36/h3-5,11,15-18,23,32H,6-10,12-13H2,1-2H3,(H,31,36)(H,33,37)/b21-11-/t15-,16-,17-,18-,23-/m1/s1. The van der Waals surface area contributed by atoms with Crippen molar-refractivity contribution in [2.24, 2.45) is 11.8 Å². The predicted molar refractivity (Wildman–Crippen MR) is 143 cm³/mol. The fraction of sp³-hybridized carbons (Fsp3) is 0.577. The molecule has 3 aliphatic heterocycles. The summed E-state index contributed by atoms with van der Waals surface area (Å²) < 4.78 is 67.9. The van der Waals surface area contributed by atoms with Crippen LogP contribution in [0, 0.1) is 18.8 Å². The number of carbonyl (C=O) groups excluding carboxylic acids is 3. The highest BCUT2D eigenvalue weighted by Gasteiger charge is 2.60. The second-order valence-corrected chi connectivity index (χ2v) is 13.0. The number of nitrogens with one attached hydrogen (secondary N) is 3. The van der Waals surface area contributed by atoms with Gasteiger partial charge < -0.3 is 20.9 Å². The third kappa shape index (κ3) is 6.40. The van der Waals surface area contributed by atoms with Crippen LogP contribution in [-0.2, 0) is 24.2 Å². The Bertz CT molecular complexity index is 1330. The third-order valence-corrected chi connectivity index (χ3v) is 9.16. The van der Waals surface area contributed by atoms with Gasteiger partial charge in [0.05, 0.1) is 18.5 Å². The number of nitrogens with zero attached hydrogens (tertiary/aromatic N) is 1. The van der Waals surface area contributed by atoms with Gasteiger partial charge >= 0.3 is 0 Å². The summed E-state index contributed by atoms with van der Waals surface area (Å²) >= 11 is 6.14. The average Bonchev–Trinajstić information content (AvgIpc) is 3.27. The Morgan fingerprint density at radius 2 is 2.00 bits per heavy atom. The summed E-state index contributed by atoms with van der Waals surface area (Å²) in [4.78, 5) is 40.3. The molecule has 220 valence electrons. The molecule has 0 radical (unpaired) electrons. The number of fused-ring (bicyclic) bond motifs is 3. The normalized spacial score (nSPS) is 26.8. The molecule has 1 aliphatic carbocycles. The molecule has 1 aromatic carbocycles. The molecule has 3 N–H and O–H groups in total. The van der Waals surface area contributed by atoms with E-state index in [-0.39, 0.29) is 25.3 Å². The first-order valence-corrected chi connectivity index (χ1v) is 15.3. The molecule has 14 heteroatoms. The summed E-state index contributed by atoms with van der Waals surface area (Å²) in [5, 5.41) is 7.01.